The largest absolute Gasteiger partial charge is 0.479 e. The number of rotatable bonds is 2. The number of aliphatic hydroxyl groups is 3. The molecule has 8 nitrogen and oxygen atoms in total. The van der Waals surface area contributed by atoms with Gasteiger partial charge in [0.15, 0.2) is 6.10 Å². The minimum atomic E-state index is -2.02. The zero-order valence-corrected chi connectivity index (χ0v) is 9.23. The third-order valence-electron chi connectivity index (χ3n) is 2.47. The molecule has 4 N–H and O–H groups in total. The second-order valence-corrected chi connectivity index (χ2v) is 3.91. The van der Waals surface area contributed by atoms with Gasteiger partial charge in [-0.3, -0.25) is 4.79 Å². The number of carbonyl (C=O) groups is 2. The highest BCUT2D eigenvalue weighted by atomic mass is 16.7. The maximum atomic E-state index is 10.8. The lowest BCUT2D eigenvalue weighted by molar-refractivity contribution is -0.336. The highest BCUT2D eigenvalue weighted by Crippen LogP contribution is 2.31. The van der Waals surface area contributed by atoms with Gasteiger partial charge in [0.1, 0.15) is 18.3 Å². The molecule has 0 aromatic carbocycles. The smallest absolute Gasteiger partial charge is 0.335 e. The average Bonchev–Trinajstić information content (AvgIpc) is 2.19. The third-order valence-corrected chi connectivity index (χ3v) is 2.47. The van der Waals surface area contributed by atoms with Gasteiger partial charge >= 0.3 is 11.9 Å². The van der Waals surface area contributed by atoms with Gasteiger partial charge in [-0.25, -0.2) is 4.79 Å². The number of aliphatic carboxylic acids is 1. The number of carboxylic acids is 1. The van der Waals surface area contributed by atoms with Crippen LogP contribution in [-0.4, -0.2) is 62.6 Å². The van der Waals surface area contributed by atoms with Crippen molar-refractivity contribution in [3.8, 4) is 0 Å². The van der Waals surface area contributed by atoms with Gasteiger partial charge in [0.25, 0.3) is 0 Å². The highest BCUT2D eigenvalue weighted by Gasteiger charge is 2.55. The number of hydrogen-bond acceptors (Lipinski definition) is 7. The second-order valence-electron chi connectivity index (χ2n) is 3.91. The van der Waals surface area contributed by atoms with Gasteiger partial charge in [-0.15, -0.1) is 0 Å². The van der Waals surface area contributed by atoms with Crippen LogP contribution in [0.1, 0.15) is 13.8 Å². The van der Waals surface area contributed by atoms with E-state index < -0.39 is 42.1 Å². The van der Waals surface area contributed by atoms with Gasteiger partial charge < -0.3 is 29.9 Å². The van der Waals surface area contributed by atoms with Crippen molar-refractivity contribution < 1.29 is 39.5 Å². The Morgan fingerprint density at radius 2 is 1.76 bits per heavy atom. The molecule has 0 spiro atoms. The minimum absolute atomic E-state index is 0.820. The molecule has 0 bridgehead atoms. The molecule has 1 aliphatic heterocycles. The summed E-state index contributed by atoms with van der Waals surface area (Å²) in [5.41, 5.74) is 0. The molecule has 8 heteroatoms. The molecule has 5 atom stereocenters. The Labute approximate surface area is 96.4 Å². The SMILES string of the molecule is CC(=O)OC1(C)O[C@H](C(=O)O)[C@@H](O)[C@H](O)[C@H]1O. The van der Waals surface area contributed by atoms with E-state index in [9.17, 15) is 24.9 Å². The number of aliphatic hydroxyl groups excluding tert-OH is 3. The summed E-state index contributed by atoms with van der Waals surface area (Å²) in [6.45, 7) is 2.14. The van der Waals surface area contributed by atoms with Crippen LogP contribution in [0.3, 0.4) is 0 Å². The van der Waals surface area contributed by atoms with Gasteiger partial charge in [-0.1, -0.05) is 0 Å². The molecule has 1 heterocycles. The zero-order chi connectivity index (χ0) is 13.4. The molecule has 1 rings (SSSR count). The molecule has 1 fully saturated rings. The fourth-order valence-electron chi connectivity index (χ4n) is 1.63. The summed E-state index contributed by atoms with van der Waals surface area (Å²) in [6.07, 6.45) is -7.16. The number of hydrogen-bond donors (Lipinski definition) is 4. The van der Waals surface area contributed by atoms with Crippen molar-refractivity contribution in [2.45, 2.75) is 44.1 Å². The van der Waals surface area contributed by atoms with Crippen LogP contribution in [0, 0.1) is 0 Å². The van der Waals surface area contributed by atoms with Gasteiger partial charge in [0, 0.05) is 13.8 Å². The summed E-state index contributed by atoms with van der Waals surface area (Å²) in [7, 11) is 0. The summed E-state index contributed by atoms with van der Waals surface area (Å²) in [4.78, 5) is 21.6. The van der Waals surface area contributed by atoms with Crippen molar-refractivity contribution in [1.82, 2.24) is 0 Å². The van der Waals surface area contributed by atoms with Gasteiger partial charge in [0.05, 0.1) is 0 Å². The third kappa shape index (κ3) is 2.55. The molecular formula is C9H14O8. The summed E-state index contributed by atoms with van der Waals surface area (Å²) >= 11 is 0. The Balaban J connectivity index is 2.99. The van der Waals surface area contributed by atoms with Gasteiger partial charge in [0.2, 0.25) is 5.79 Å². The summed E-state index contributed by atoms with van der Waals surface area (Å²) in [5, 5.41) is 37.2. The molecule has 1 saturated heterocycles. The van der Waals surface area contributed by atoms with E-state index in [0.717, 1.165) is 13.8 Å². The number of carbonyl (C=O) groups excluding carboxylic acids is 1. The highest BCUT2D eigenvalue weighted by molar-refractivity contribution is 5.73. The number of carboxylic acid groups (broad SMARTS) is 1. The van der Waals surface area contributed by atoms with E-state index in [1.54, 1.807) is 0 Å². The van der Waals surface area contributed by atoms with Crippen LogP contribution in [0.25, 0.3) is 0 Å². The Bertz CT molecular complexity index is 329. The van der Waals surface area contributed by atoms with Crippen molar-refractivity contribution >= 4 is 11.9 Å². The van der Waals surface area contributed by atoms with E-state index in [1.165, 1.54) is 0 Å². The number of ether oxygens (including phenoxy) is 2. The summed E-state index contributed by atoms with van der Waals surface area (Å²) in [5.74, 6) is -4.38. The first kappa shape index (κ1) is 13.8. The molecule has 1 aliphatic rings. The van der Waals surface area contributed by atoms with Crippen LogP contribution in [0.2, 0.25) is 0 Å². The maximum absolute atomic E-state index is 10.8. The standard InChI is InChI=1S/C9H14O8/c1-3(10)16-9(2)7(13)5(12)4(11)6(17-9)8(14)15/h4-7,11-13H,1-2H3,(H,14,15)/t4-,5-,6-,7+,9?/m0/s1. The quantitative estimate of drug-likeness (QED) is 0.407. The Morgan fingerprint density at radius 3 is 2.18 bits per heavy atom. The summed E-state index contributed by atoms with van der Waals surface area (Å²) in [6, 6.07) is 0. The Kier molecular flexibility index (Phi) is 3.72. The van der Waals surface area contributed by atoms with Crippen LogP contribution in [0.15, 0.2) is 0 Å². The second kappa shape index (κ2) is 4.57. The predicted molar refractivity (Wildman–Crippen MR) is 50.7 cm³/mol. The minimum Gasteiger partial charge on any atom is -0.479 e. The fraction of sp³-hybridized carbons (Fsp3) is 0.778. The van der Waals surface area contributed by atoms with E-state index in [4.69, 9.17) is 9.84 Å². The molecule has 98 valence electrons. The van der Waals surface area contributed by atoms with Gasteiger partial charge in [-0.2, -0.15) is 0 Å². The normalized spacial score (nSPS) is 41.9. The lowest BCUT2D eigenvalue weighted by Gasteiger charge is -2.44. The van der Waals surface area contributed by atoms with Crippen LogP contribution in [-0.2, 0) is 19.1 Å². The van der Waals surface area contributed by atoms with E-state index >= 15 is 0 Å². The fourth-order valence-corrected chi connectivity index (χ4v) is 1.63. The first-order chi connectivity index (χ1) is 7.69. The first-order valence-electron chi connectivity index (χ1n) is 4.83. The van der Waals surface area contributed by atoms with Crippen LogP contribution < -0.4 is 0 Å². The topological polar surface area (TPSA) is 134 Å². The van der Waals surface area contributed by atoms with Crippen LogP contribution in [0.4, 0.5) is 0 Å². The monoisotopic (exact) mass is 250 g/mol. The molecule has 0 amide bonds. The van der Waals surface area contributed by atoms with E-state index in [-0.39, 0.29) is 0 Å². The molecule has 0 saturated carbocycles. The average molecular weight is 250 g/mol. The summed E-state index contributed by atoms with van der Waals surface area (Å²) < 4.78 is 9.48. The van der Waals surface area contributed by atoms with Crippen LogP contribution >= 0.6 is 0 Å². The first-order valence-corrected chi connectivity index (χ1v) is 4.83. The van der Waals surface area contributed by atoms with Crippen molar-refractivity contribution in [3.63, 3.8) is 0 Å². The molecule has 1 unspecified atom stereocenters. The molecule has 0 radical (unpaired) electrons. The van der Waals surface area contributed by atoms with E-state index in [1.807, 2.05) is 0 Å². The molecule has 17 heavy (non-hydrogen) atoms. The lowest BCUT2D eigenvalue weighted by atomic mass is 9.93. The number of esters is 1. The maximum Gasteiger partial charge on any atom is 0.335 e. The predicted octanol–water partition coefficient (Wildman–Crippen LogP) is -2.17. The van der Waals surface area contributed by atoms with Crippen LogP contribution in [0.5, 0.6) is 0 Å². The Morgan fingerprint density at radius 1 is 1.24 bits per heavy atom. The molecular weight excluding hydrogens is 236 g/mol. The van der Waals surface area contributed by atoms with Crippen molar-refractivity contribution in [2.24, 2.45) is 0 Å². The molecule has 0 aromatic heterocycles. The lowest BCUT2D eigenvalue weighted by Crippen LogP contribution is -2.66. The molecule has 0 aliphatic carbocycles. The molecule has 0 aromatic rings. The van der Waals surface area contributed by atoms with Crippen molar-refractivity contribution in [3.05, 3.63) is 0 Å². The zero-order valence-electron chi connectivity index (χ0n) is 9.23. The van der Waals surface area contributed by atoms with E-state index in [2.05, 4.69) is 4.74 Å². The van der Waals surface area contributed by atoms with Crippen molar-refractivity contribution in [2.75, 3.05) is 0 Å². The van der Waals surface area contributed by atoms with E-state index in [0.29, 0.717) is 0 Å². The van der Waals surface area contributed by atoms with Crippen molar-refractivity contribution in [1.29, 1.82) is 0 Å². The van der Waals surface area contributed by atoms with Gasteiger partial charge in [-0.05, 0) is 0 Å². The Hall–Kier alpha value is -1.22.